The van der Waals surface area contributed by atoms with E-state index in [0.717, 1.165) is 23.4 Å². The van der Waals surface area contributed by atoms with Gasteiger partial charge in [0, 0.05) is 43.9 Å². The summed E-state index contributed by atoms with van der Waals surface area (Å²) in [5.74, 6) is 1.41. The molecule has 0 saturated carbocycles. The third kappa shape index (κ3) is 2.56. The Labute approximate surface area is 125 Å². The van der Waals surface area contributed by atoms with E-state index < -0.39 is 16.4 Å². The number of halogens is 1. The van der Waals surface area contributed by atoms with Crippen LogP contribution in [0, 0.1) is 0 Å². The highest BCUT2D eigenvalue weighted by Gasteiger charge is 2.33. The Hall–Kier alpha value is -1.08. The molecule has 3 aliphatic rings. The largest absolute Gasteiger partial charge is 0.365 e. The van der Waals surface area contributed by atoms with Gasteiger partial charge in [0.1, 0.15) is 5.84 Å². The first-order valence-electron chi connectivity index (χ1n) is 6.65. The van der Waals surface area contributed by atoms with Crippen molar-refractivity contribution in [3.63, 3.8) is 0 Å². The van der Waals surface area contributed by atoms with E-state index in [9.17, 15) is 9.00 Å². The van der Waals surface area contributed by atoms with Crippen LogP contribution in [0.2, 0.25) is 0 Å². The first-order chi connectivity index (χ1) is 9.54. The van der Waals surface area contributed by atoms with Gasteiger partial charge in [-0.25, -0.2) is 4.99 Å². The first kappa shape index (κ1) is 13.9. The molecule has 0 aliphatic carbocycles. The third-order valence-corrected chi connectivity index (χ3v) is 5.43. The minimum atomic E-state index is -1.02. The average Bonchev–Trinajstić information content (AvgIpc) is 2.75. The van der Waals surface area contributed by atoms with Crippen LogP contribution in [-0.4, -0.2) is 51.9 Å². The number of aliphatic imine (C=N–C) groups is 1. The SMILES string of the molecule is CN1C[C@@H](NC2=N[C@H](Cl)NC3=C2S(=O)CC3)CCC1=O. The lowest BCUT2D eigenvalue weighted by Crippen LogP contribution is -2.50. The summed E-state index contributed by atoms with van der Waals surface area (Å²) < 4.78 is 12.1. The van der Waals surface area contributed by atoms with Crippen molar-refractivity contribution in [3.8, 4) is 0 Å². The lowest BCUT2D eigenvalue weighted by Gasteiger charge is -2.32. The van der Waals surface area contributed by atoms with Crippen molar-refractivity contribution in [2.45, 2.75) is 30.9 Å². The summed E-state index contributed by atoms with van der Waals surface area (Å²) in [7, 11) is 0.775. The highest BCUT2D eigenvalue weighted by atomic mass is 35.5. The van der Waals surface area contributed by atoms with E-state index in [1.54, 1.807) is 11.9 Å². The third-order valence-electron chi connectivity index (χ3n) is 3.76. The number of nitrogens with zero attached hydrogens (tertiary/aromatic N) is 2. The molecule has 0 aromatic carbocycles. The van der Waals surface area contributed by atoms with Gasteiger partial charge in [-0.05, 0) is 6.42 Å². The summed E-state index contributed by atoms with van der Waals surface area (Å²) in [6.07, 6.45) is 2.03. The zero-order valence-corrected chi connectivity index (χ0v) is 12.8. The molecule has 0 aromatic heterocycles. The maximum atomic E-state index is 12.1. The Bertz CT molecular complexity index is 534. The number of allylic oxidation sites excluding steroid dienone is 1. The molecule has 0 bridgehead atoms. The Morgan fingerprint density at radius 1 is 1.50 bits per heavy atom. The number of hydrogen-bond donors (Lipinski definition) is 2. The molecule has 20 heavy (non-hydrogen) atoms. The first-order valence-corrected chi connectivity index (χ1v) is 8.41. The van der Waals surface area contributed by atoms with Crippen molar-refractivity contribution in [3.05, 3.63) is 10.6 Å². The highest BCUT2D eigenvalue weighted by Crippen LogP contribution is 2.26. The van der Waals surface area contributed by atoms with E-state index in [4.69, 9.17) is 11.6 Å². The number of alkyl halides is 1. The summed E-state index contributed by atoms with van der Waals surface area (Å²) in [5.41, 5.74) is 0.412. The van der Waals surface area contributed by atoms with Crippen LogP contribution in [-0.2, 0) is 15.6 Å². The van der Waals surface area contributed by atoms with E-state index in [1.165, 1.54) is 0 Å². The Kier molecular flexibility index (Phi) is 3.72. The van der Waals surface area contributed by atoms with Crippen molar-refractivity contribution >= 4 is 34.1 Å². The minimum absolute atomic E-state index is 0.129. The molecule has 0 radical (unpaired) electrons. The zero-order chi connectivity index (χ0) is 14.3. The number of amidine groups is 1. The number of amides is 1. The number of likely N-dealkylation sites (N-methyl/N-ethyl adjacent to an activating group) is 1. The number of rotatable bonds is 1. The fourth-order valence-corrected chi connectivity index (χ4v) is 4.30. The molecule has 3 heterocycles. The normalized spacial score (nSPS) is 33.7. The maximum Gasteiger partial charge on any atom is 0.222 e. The van der Waals surface area contributed by atoms with Crippen LogP contribution in [0.15, 0.2) is 15.6 Å². The van der Waals surface area contributed by atoms with Crippen LogP contribution < -0.4 is 10.6 Å². The molecule has 0 spiro atoms. The van der Waals surface area contributed by atoms with Gasteiger partial charge in [0.2, 0.25) is 5.91 Å². The van der Waals surface area contributed by atoms with Crippen molar-refractivity contribution < 1.29 is 9.00 Å². The van der Waals surface area contributed by atoms with Crippen molar-refractivity contribution in [1.29, 1.82) is 0 Å². The fraction of sp³-hybridized carbons (Fsp3) is 0.667. The molecule has 6 nitrogen and oxygen atoms in total. The number of piperidine rings is 1. The van der Waals surface area contributed by atoms with Gasteiger partial charge in [-0.15, -0.1) is 0 Å². The number of likely N-dealkylation sites (tertiary alicyclic amines) is 1. The molecule has 1 unspecified atom stereocenters. The van der Waals surface area contributed by atoms with Gasteiger partial charge in [0.05, 0.1) is 15.7 Å². The van der Waals surface area contributed by atoms with Crippen molar-refractivity contribution in [2.24, 2.45) is 4.99 Å². The number of carbonyl (C=O) groups is 1. The molecule has 3 atom stereocenters. The second-order valence-corrected chi connectivity index (χ2v) is 7.14. The molecular weight excluding hydrogens is 300 g/mol. The predicted octanol–water partition coefficient (Wildman–Crippen LogP) is 0.0849. The number of hydrogen-bond acceptors (Lipinski definition) is 5. The number of carbonyl (C=O) groups excluding carboxylic acids is 1. The van der Waals surface area contributed by atoms with Gasteiger partial charge in [-0.2, -0.15) is 0 Å². The van der Waals surface area contributed by atoms with Crippen molar-refractivity contribution in [1.82, 2.24) is 15.5 Å². The smallest absolute Gasteiger partial charge is 0.222 e. The van der Waals surface area contributed by atoms with Crippen LogP contribution in [0.4, 0.5) is 0 Å². The van der Waals surface area contributed by atoms with E-state index in [-0.39, 0.29) is 11.9 Å². The molecule has 0 aromatic rings. The Morgan fingerprint density at radius 2 is 2.30 bits per heavy atom. The Morgan fingerprint density at radius 3 is 3.05 bits per heavy atom. The van der Waals surface area contributed by atoms with Crippen LogP contribution in [0.3, 0.4) is 0 Å². The molecule has 8 heteroatoms. The summed E-state index contributed by atoms with van der Waals surface area (Å²) in [4.78, 5) is 18.3. The molecule has 1 saturated heterocycles. The predicted molar refractivity (Wildman–Crippen MR) is 78.7 cm³/mol. The standard InChI is InChI=1S/C12H17ClN4O2S/c1-17-6-7(2-3-9(17)18)14-11-10-8(4-5-20(10)19)15-12(13)16-11/h7,12,15H,2-6H2,1H3,(H,14,16)/t7-,12+,20?/m0/s1. The quantitative estimate of drug-likeness (QED) is 0.531. The van der Waals surface area contributed by atoms with Gasteiger partial charge >= 0.3 is 0 Å². The monoisotopic (exact) mass is 316 g/mol. The van der Waals surface area contributed by atoms with Crippen LogP contribution in [0.5, 0.6) is 0 Å². The van der Waals surface area contributed by atoms with Crippen molar-refractivity contribution in [2.75, 3.05) is 19.3 Å². The molecular formula is C12H17ClN4O2S. The maximum absolute atomic E-state index is 12.1. The molecule has 110 valence electrons. The molecule has 1 amide bonds. The highest BCUT2D eigenvalue weighted by molar-refractivity contribution is 7.90. The van der Waals surface area contributed by atoms with E-state index in [2.05, 4.69) is 15.6 Å². The van der Waals surface area contributed by atoms with Gasteiger partial charge in [0.15, 0.2) is 5.62 Å². The molecule has 3 aliphatic heterocycles. The van der Waals surface area contributed by atoms with Crippen LogP contribution >= 0.6 is 11.6 Å². The zero-order valence-electron chi connectivity index (χ0n) is 11.2. The van der Waals surface area contributed by atoms with Gasteiger partial charge in [0.25, 0.3) is 0 Å². The fourth-order valence-electron chi connectivity index (χ4n) is 2.71. The second kappa shape index (κ2) is 5.37. The number of nitrogens with one attached hydrogen (secondary N) is 2. The average molecular weight is 317 g/mol. The summed E-state index contributed by atoms with van der Waals surface area (Å²) in [6, 6.07) is 0.129. The van der Waals surface area contributed by atoms with Gasteiger partial charge in [-0.1, -0.05) is 11.6 Å². The molecule has 2 N–H and O–H groups in total. The summed E-state index contributed by atoms with van der Waals surface area (Å²) in [6.45, 7) is 0.632. The topological polar surface area (TPSA) is 73.8 Å². The summed E-state index contributed by atoms with van der Waals surface area (Å²) in [5, 5.41) is 6.37. The Balaban J connectivity index is 1.76. The van der Waals surface area contributed by atoms with E-state index in [0.29, 0.717) is 24.6 Å². The minimum Gasteiger partial charge on any atom is -0.365 e. The lowest BCUT2D eigenvalue weighted by atomic mass is 10.1. The molecule has 1 fully saturated rings. The lowest BCUT2D eigenvalue weighted by molar-refractivity contribution is -0.132. The van der Waals surface area contributed by atoms with E-state index in [1.807, 2.05) is 0 Å². The second-order valence-electron chi connectivity index (χ2n) is 5.22. The van der Waals surface area contributed by atoms with Gasteiger partial charge in [-0.3, -0.25) is 9.00 Å². The van der Waals surface area contributed by atoms with Crippen LogP contribution in [0.1, 0.15) is 19.3 Å². The summed E-state index contributed by atoms with van der Waals surface area (Å²) >= 11 is 6.06. The van der Waals surface area contributed by atoms with Gasteiger partial charge < -0.3 is 15.5 Å². The van der Waals surface area contributed by atoms with E-state index >= 15 is 0 Å². The van der Waals surface area contributed by atoms with Crippen LogP contribution in [0.25, 0.3) is 0 Å². The molecule has 3 rings (SSSR count).